The molecule has 3 fully saturated rings. The van der Waals surface area contributed by atoms with Crippen LogP contribution in [0.1, 0.15) is 63.4 Å². The van der Waals surface area contributed by atoms with Gasteiger partial charge in [-0.2, -0.15) is 0 Å². The molecule has 31 heavy (non-hydrogen) atoms. The van der Waals surface area contributed by atoms with E-state index in [-0.39, 0.29) is 11.8 Å². The van der Waals surface area contributed by atoms with Crippen LogP contribution in [0.25, 0.3) is 0 Å². The van der Waals surface area contributed by atoms with Gasteiger partial charge in [0.1, 0.15) is 13.2 Å². The quantitative estimate of drug-likeness (QED) is 0.739. The fraction of sp³-hybridized carbons (Fsp3) is 0.680. The number of carbonyl (C=O) groups is 2. The topological polar surface area (TPSA) is 59.1 Å². The van der Waals surface area contributed by atoms with Gasteiger partial charge in [-0.25, -0.2) is 0 Å². The Bertz CT molecular complexity index is 819. The minimum atomic E-state index is -0.466. The van der Waals surface area contributed by atoms with Gasteiger partial charge in [-0.15, -0.1) is 0 Å². The van der Waals surface area contributed by atoms with E-state index in [9.17, 15) is 9.59 Å². The van der Waals surface area contributed by atoms with Crippen molar-refractivity contribution in [1.82, 2.24) is 9.80 Å². The molecule has 6 heteroatoms. The molecule has 1 saturated heterocycles. The van der Waals surface area contributed by atoms with Gasteiger partial charge in [0.25, 0.3) is 0 Å². The van der Waals surface area contributed by atoms with Gasteiger partial charge in [-0.3, -0.25) is 9.59 Å². The SMILES string of the molecule is O=C(CC1CCCC1)N1CCN(C(=O)C2(c3ccc4c(c3)OCCO4)CCCC2)CC1. The molecule has 168 valence electrons. The summed E-state index contributed by atoms with van der Waals surface area (Å²) in [7, 11) is 0. The molecule has 2 saturated carbocycles. The third-order valence-corrected chi connectivity index (χ3v) is 7.82. The molecule has 1 aromatic carbocycles. The Kier molecular flexibility index (Phi) is 5.81. The van der Waals surface area contributed by atoms with Crippen molar-refractivity contribution in [2.75, 3.05) is 39.4 Å². The second kappa shape index (κ2) is 8.71. The van der Waals surface area contributed by atoms with E-state index < -0.39 is 5.41 Å². The lowest BCUT2D eigenvalue weighted by Crippen LogP contribution is -2.55. The van der Waals surface area contributed by atoms with Crippen molar-refractivity contribution < 1.29 is 19.1 Å². The standard InChI is InChI=1S/C25H34N2O4/c28-23(17-19-5-1-2-6-19)26-11-13-27(14-12-26)24(29)25(9-3-4-10-25)20-7-8-21-22(18-20)31-16-15-30-21/h7-8,18-19H,1-6,9-17H2. The van der Waals surface area contributed by atoms with E-state index in [4.69, 9.17) is 9.47 Å². The molecule has 2 heterocycles. The van der Waals surface area contributed by atoms with Gasteiger partial charge in [-0.05, 0) is 49.3 Å². The number of fused-ring (bicyclic) bond motifs is 1. The minimum absolute atomic E-state index is 0.226. The summed E-state index contributed by atoms with van der Waals surface area (Å²) < 4.78 is 11.5. The Morgan fingerprint density at radius 1 is 0.871 bits per heavy atom. The number of rotatable bonds is 4. The van der Waals surface area contributed by atoms with Crippen molar-refractivity contribution in [2.24, 2.45) is 5.92 Å². The van der Waals surface area contributed by atoms with Gasteiger partial charge in [0.05, 0.1) is 5.41 Å². The van der Waals surface area contributed by atoms with Crippen LogP contribution in [0, 0.1) is 5.92 Å². The Morgan fingerprint density at radius 3 is 2.23 bits per heavy atom. The zero-order valence-electron chi connectivity index (χ0n) is 18.4. The van der Waals surface area contributed by atoms with Crippen LogP contribution in [0.5, 0.6) is 11.5 Å². The minimum Gasteiger partial charge on any atom is -0.486 e. The monoisotopic (exact) mass is 426 g/mol. The molecule has 2 aliphatic heterocycles. The Morgan fingerprint density at radius 2 is 1.52 bits per heavy atom. The lowest BCUT2D eigenvalue weighted by atomic mass is 9.77. The highest BCUT2D eigenvalue weighted by atomic mass is 16.6. The largest absolute Gasteiger partial charge is 0.486 e. The molecule has 0 unspecified atom stereocenters. The van der Waals surface area contributed by atoms with E-state index in [1.54, 1.807) is 0 Å². The first-order valence-corrected chi connectivity index (χ1v) is 12.1. The van der Waals surface area contributed by atoms with Crippen molar-refractivity contribution in [1.29, 1.82) is 0 Å². The summed E-state index contributed by atoms with van der Waals surface area (Å²) in [5.74, 6) is 2.60. The van der Waals surface area contributed by atoms with Gasteiger partial charge in [-0.1, -0.05) is 31.7 Å². The molecule has 0 radical (unpaired) electrons. The molecule has 0 bridgehead atoms. The van der Waals surface area contributed by atoms with Crippen molar-refractivity contribution >= 4 is 11.8 Å². The molecule has 4 aliphatic rings. The van der Waals surface area contributed by atoms with E-state index in [1.165, 1.54) is 25.7 Å². The van der Waals surface area contributed by atoms with Crippen molar-refractivity contribution in [3.05, 3.63) is 23.8 Å². The highest BCUT2D eigenvalue weighted by Crippen LogP contribution is 2.45. The second-order valence-corrected chi connectivity index (χ2v) is 9.68. The fourth-order valence-electron chi connectivity index (χ4n) is 6.00. The Balaban J connectivity index is 1.26. The van der Waals surface area contributed by atoms with Gasteiger partial charge < -0.3 is 19.3 Å². The molecular formula is C25H34N2O4. The third-order valence-electron chi connectivity index (χ3n) is 7.82. The van der Waals surface area contributed by atoms with Crippen molar-refractivity contribution in [3.63, 3.8) is 0 Å². The van der Waals surface area contributed by atoms with Crippen LogP contribution in [-0.2, 0) is 15.0 Å². The first kappa shape index (κ1) is 20.7. The normalized spacial score (nSPS) is 23.2. The molecule has 6 nitrogen and oxygen atoms in total. The van der Waals surface area contributed by atoms with Crippen LogP contribution in [0.4, 0.5) is 0 Å². The Hall–Kier alpha value is -2.24. The molecule has 2 aliphatic carbocycles. The third kappa shape index (κ3) is 4.01. The van der Waals surface area contributed by atoms with Crippen molar-refractivity contribution in [2.45, 2.75) is 63.2 Å². The highest BCUT2D eigenvalue weighted by molar-refractivity contribution is 5.89. The number of carbonyl (C=O) groups excluding carboxylic acids is 2. The number of hydrogen-bond donors (Lipinski definition) is 0. The fourth-order valence-corrected chi connectivity index (χ4v) is 6.00. The summed E-state index contributed by atoms with van der Waals surface area (Å²) in [6.07, 6.45) is 9.52. The van der Waals surface area contributed by atoms with E-state index >= 15 is 0 Å². The van der Waals surface area contributed by atoms with Crippen molar-refractivity contribution in [3.8, 4) is 11.5 Å². The predicted octanol–water partition coefficient (Wildman–Crippen LogP) is 3.52. The summed E-state index contributed by atoms with van der Waals surface area (Å²) in [6, 6.07) is 6.04. The molecule has 5 rings (SSSR count). The summed E-state index contributed by atoms with van der Waals surface area (Å²) in [5.41, 5.74) is 0.588. The molecule has 0 N–H and O–H groups in total. The molecular weight excluding hydrogens is 392 g/mol. The number of amides is 2. The zero-order valence-corrected chi connectivity index (χ0v) is 18.4. The van der Waals surface area contributed by atoms with Crippen LogP contribution in [-0.4, -0.2) is 61.0 Å². The maximum Gasteiger partial charge on any atom is 0.233 e. The average molecular weight is 427 g/mol. The van der Waals surface area contributed by atoms with Crippen LogP contribution in [0.2, 0.25) is 0 Å². The predicted molar refractivity (Wildman–Crippen MR) is 117 cm³/mol. The first-order chi connectivity index (χ1) is 15.2. The molecule has 2 amide bonds. The van der Waals surface area contributed by atoms with E-state index in [0.717, 1.165) is 42.7 Å². The number of piperazine rings is 1. The highest BCUT2D eigenvalue weighted by Gasteiger charge is 2.46. The van der Waals surface area contributed by atoms with Gasteiger partial charge in [0.15, 0.2) is 11.5 Å². The number of nitrogens with zero attached hydrogens (tertiary/aromatic N) is 2. The van der Waals surface area contributed by atoms with E-state index in [1.807, 2.05) is 21.9 Å². The Labute approximate surface area is 184 Å². The smallest absolute Gasteiger partial charge is 0.233 e. The molecule has 0 spiro atoms. The van der Waals surface area contributed by atoms with Crippen LogP contribution in [0.15, 0.2) is 18.2 Å². The van der Waals surface area contributed by atoms with E-state index in [2.05, 4.69) is 6.07 Å². The maximum absolute atomic E-state index is 13.8. The number of ether oxygens (including phenoxy) is 2. The molecule has 0 aromatic heterocycles. The van der Waals surface area contributed by atoms with Crippen LogP contribution < -0.4 is 9.47 Å². The number of benzene rings is 1. The average Bonchev–Trinajstić information content (AvgIpc) is 3.51. The second-order valence-electron chi connectivity index (χ2n) is 9.68. The summed E-state index contributed by atoms with van der Waals surface area (Å²) in [4.78, 5) is 30.5. The first-order valence-electron chi connectivity index (χ1n) is 12.1. The van der Waals surface area contributed by atoms with Gasteiger partial charge in [0, 0.05) is 32.6 Å². The van der Waals surface area contributed by atoms with Crippen LogP contribution >= 0.6 is 0 Å². The number of hydrogen-bond acceptors (Lipinski definition) is 4. The lowest BCUT2D eigenvalue weighted by Gasteiger charge is -2.40. The van der Waals surface area contributed by atoms with Gasteiger partial charge >= 0.3 is 0 Å². The van der Waals surface area contributed by atoms with E-state index in [0.29, 0.717) is 51.7 Å². The summed E-state index contributed by atoms with van der Waals surface area (Å²) >= 11 is 0. The maximum atomic E-state index is 13.8. The molecule has 0 atom stereocenters. The summed E-state index contributed by atoms with van der Waals surface area (Å²) in [6.45, 7) is 3.72. The summed E-state index contributed by atoms with van der Waals surface area (Å²) in [5, 5.41) is 0. The van der Waals surface area contributed by atoms with Gasteiger partial charge in [0.2, 0.25) is 11.8 Å². The zero-order chi connectivity index (χ0) is 21.3. The molecule has 1 aromatic rings. The lowest BCUT2D eigenvalue weighted by molar-refractivity contribution is -0.143. The van der Waals surface area contributed by atoms with Crippen LogP contribution in [0.3, 0.4) is 0 Å².